The summed E-state index contributed by atoms with van der Waals surface area (Å²) in [4.78, 5) is 25.5. The van der Waals surface area contributed by atoms with Gasteiger partial charge >= 0.3 is 0 Å². The average molecular weight is 279 g/mol. The smallest absolute Gasteiger partial charge is 0.292 e. The first-order valence-corrected chi connectivity index (χ1v) is 6.62. The van der Waals surface area contributed by atoms with Crippen LogP contribution in [0.1, 0.15) is 12.8 Å². The van der Waals surface area contributed by atoms with Crippen LogP contribution in [-0.4, -0.2) is 43.2 Å². The van der Waals surface area contributed by atoms with Gasteiger partial charge in [-0.3, -0.25) is 9.59 Å². The van der Waals surface area contributed by atoms with E-state index in [-0.39, 0.29) is 30.9 Å². The Labute approximate surface area is 117 Å². The van der Waals surface area contributed by atoms with E-state index in [4.69, 9.17) is 9.84 Å². The van der Waals surface area contributed by atoms with E-state index in [1.807, 2.05) is 5.32 Å². The topological polar surface area (TPSA) is 83.4 Å². The fourth-order valence-corrected chi connectivity index (χ4v) is 2.25. The molecule has 6 nitrogen and oxygen atoms in total. The van der Waals surface area contributed by atoms with E-state index in [1.165, 1.54) is 4.90 Å². The third kappa shape index (κ3) is 2.97. The second-order valence-electron chi connectivity index (χ2n) is 4.68. The molecule has 6 heteroatoms. The van der Waals surface area contributed by atoms with Crippen LogP contribution in [0.25, 0.3) is 0 Å². The molecule has 20 heavy (non-hydrogen) atoms. The van der Waals surface area contributed by atoms with E-state index in [9.17, 15) is 9.59 Å². The zero-order valence-electron chi connectivity index (χ0n) is 11.4. The van der Waals surface area contributed by atoms with Crippen molar-refractivity contribution in [3.8, 4) is 5.75 Å². The third-order valence-electron chi connectivity index (χ3n) is 3.33. The fraction of sp³-hybridized carbons (Fsp3) is 0.429. The highest BCUT2D eigenvalue weighted by atomic mass is 16.5. The minimum absolute atomic E-state index is 0.0908. The number of nitrogens with two attached hydrogens (primary N) is 1. The molecule has 2 rings (SSSR count). The first kappa shape index (κ1) is 14.5. The second-order valence-corrected chi connectivity index (χ2v) is 4.68. The number of benzene rings is 1. The molecule has 1 atom stereocenters. The zero-order chi connectivity index (χ0) is 14.5. The van der Waals surface area contributed by atoms with E-state index < -0.39 is 0 Å². The summed E-state index contributed by atoms with van der Waals surface area (Å²) in [6.45, 7) is 0.726. The summed E-state index contributed by atoms with van der Waals surface area (Å²) in [5.74, 6) is 0.294. The minimum atomic E-state index is -0.379. The summed E-state index contributed by atoms with van der Waals surface area (Å²) >= 11 is 0. The summed E-state index contributed by atoms with van der Waals surface area (Å²) in [7, 11) is 1.56. The van der Waals surface area contributed by atoms with Crippen LogP contribution in [0.5, 0.6) is 5.75 Å². The Morgan fingerprint density at radius 3 is 2.65 bits per heavy atom. The predicted octanol–water partition coefficient (Wildman–Crippen LogP) is -0.727. The SMILES string of the molecule is COc1ccc(N2C(=O)C[C@H]([NH2+]CCCO)C2=O)cc1. The summed E-state index contributed by atoms with van der Waals surface area (Å²) in [6.07, 6.45) is 0.816. The molecule has 2 amide bonds. The lowest BCUT2D eigenvalue weighted by Gasteiger charge is -2.14. The van der Waals surface area contributed by atoms with Crippen molar-refractivity contribution in [2.75, 3.05) is 25.2 Å². The summed E-state index contributed by atoms with van der Waals surface area (Å²) < 4.78 is 5.05. The van der Waals surface area contributed by atoms with Crippen molar-refractivity contribution < 1.29 is 24.7 Å². The Morgan fingerprint density at radius 2 is 2.05 bits per heavy atom. The molecule has 0 saturated carbocycles. The van der Waals surface area contributed by atoms with Crippen LogP contribution in [0.4, 0.5) is 5.69 Å². The average Bonchev–Trinajstić information content (AvgIpc) is 2.74. The normalized spacial score (nSPS) is 18.7. The molecular formula is C14H19N2O4+. The number of ether oxygens (including phenoxy) is 1. The van der Waals surface area contributed by atoms with Crippen LogP contribution in [0.2, 0.25) is 0 Å². The number of hydrogen-bond acceptors (Lipinski definition) is 4. The molecule has 0 unspecified atom stereocenters. The molecule has 1 heterocycles. The lowest BCUT2D eigenvalue weighted by Crippen LogP contribution is -2.91. The predicted molar refractivity (Wildman–Crippen MR) is 72.4 cm³/mol. The standard InChI is InChI=1S/C14H18N2O4/c1-20-11-5-3-10(4-6-11)16-13(18)9-12(14(16)19)15-7-2-8-17/h3-6,12,15,17H,2,7-9H2,1H3/p+1/t12-/m0/s1. The fourth-order valence-electron chi connectivity index (χ4n) is 2.25. The van der Waals surface area contributed by atoms with Gasteiger partial charge in [-0.15, -0.1) is 0 Å². The van der Waals surface area contributed by atoms with Gasteiger partial charge in [0.25, 0.3) is 5.91 Å². The van der Waals surface area contributed by atoms with Crippen molar-refractivity contribution in [3.63, 3.8) is 0 Å². The molecule has 1 aliphatic rings. The van der Waals surface area contributed by atoms with Crippen LogP contribution in [0, 0.1) is 0 Å². The molecule has 1 fully saturated rings. The molecular weight excluding hydrogens is 260 g/mol. The highest BCUT2D eigenvalue weighted by Crippen LogP contribution is 2.24. The van der Waals surface area contributed by atoms with E-state index >= 15 is 0 Å². The van der Waals surface area contributed by atoms with Gasteiger partial charge in [0, 0.05) is 13.0 Å². The molecule has 1 saturated heterocycles. The minimum Gasteiger partial charge on any atom is -0.497 e. The number of methoxy groups -OCH3 is 1. The largest absolute Gasteiger partial charge is 0.497 e. The Bertz CT molecular complexity index is 486. The van der Waals surface area contributed by atoms with Gasteiger partial charge in [0.1, 0.15) is 5.75 Å². The van der Waals surface area contributed by atoms with Crippen molar-refractivity contribution in [2.24, 2.45) is 0 Å². The first-order chi connectivity index (χ1) is 9.67. The summed E-state index contributed by atoms with van der Waals surface area (Å²) in [5, 5.41) is 10.6. The quantitative estimate of drug-likeness (QED) is 0.531. The first-order valence-electron chi connectivity index (χ1n) is 6.62. The Morgan fingerprint density at radius 1 is 1.35 bits per heavy atom. The number of anilines is 1. The van der Waals surface area contributed by atoms with E-state index in [2.05, 4.69) is 0 Å². The number of aliphatic hydroxyl groups is 1. The van der Waals surface area contributed by atoms with E-state index in [0.717, 1.165) is 0 Å². The van der Waals surface area contributed by atoms with Crippen LogP contribution >= 0.6 is 0 Å². The highest BCUT2D eigenvalue weighted by Gasteiger charge is 2.41. The maximum atomic E-state index is 12.2. The van der Waals surface area contributed by atoms with Crippen molar-refractivity contribution in [2.45, 2.75) is 18.9 Å². The number of carbonyl (C=O) groups is 2. The number of rotatable bonds is 6. The molecule has 1 aromatic carbocycles. The maximum absolute atomic E-state index is 12.2. The number of hydrogen-bond donors (Lipinski definition) is 2. The van der Waals surface area contributed by atoms with Gasteiger partial charge < -0.3 is 15.2 Å². The van der Waals surface area contributed by atoms with Gasteiger partial charge in [0.05, 0.1) is 25.8 Å². The third-order valence-corrected chi connectivity index (χ3v) is 3.33. The lowest BCUT2D eigenvalue weighted by atomic mass is 10.2. The molecule has 0 aromatic heterocycles. The number of aliphatic hydroxyl groups excluding tert-OH is 1. The van der Waals surface area contributed by atoms with Crippen molar-refractivity contribution in [3.05, 3.63) is 24.3 Å². The number of amides is 2. The van der Waals surface area contributed by atoms with Gasteiger partial charge in [0.2, 0.25) is 5.91 Å². The number of quaternary nitrogens is 1. The van der Waals surface area contributed by atoms with Crippen molar-refractivity contribution in [1.82, 2.24) is 0 Å². The van der Waals surface area contributed by atoms with Gasteiger partial charge in [-0.05, 0) is 24.3 Å². The molecule has 0 bridgehead atoms. The highest BCUT2D eigenvalue weighted by molar-refractivity contribution is 6.21. The number of imide groups is 1. The summed E-state index contributed by atoms with van der Waals surface area (Å²) in [5.41, 5.74) is 0.568. The Balaban J connectivity index is 2.07. The molecule has 0 radical (unpaired) electrons. The monoisotopic (exact) mass is 279 g/mol. The lowest BCUT2D eigenvalue weighted by molar-refractivity contribution is -0.674. The zero-order valence-corrected chi connectivity index (χ0v) is 11.4. The van der Waals surface area contributed by atoms with Crippen molar-refractivity contribution in [1.29, 1.82) is 0 Å². The van der Waals surface area contributed by atoms with Crippen LogP contribution in [0.15, 0.2) is 24.3 Å². The summed E-state index contributed by atoms with van der Waals surface area (Å²) in [6, 6.07) is 6.46. The molecule has 1 aromatic rings. The van der Waals surface area contributed by atoms with Gasteiger partial charge in [-0.2, -0.15) is 0 Å². The van der Waals surface area contributed by atoms with Gasteiger partial charge in [0.15, 0.2) is 6.04 Å². The molecule has 0 aliphatic carbocycles. The van der Waals surface area contributed by atoms with Crippen LogP contribution in [0.3, 0.4) is 0 Å². The molecule has 108 valence electrons. The molecule has 0 spiro atoms. The Hall–Kier alpha value is -1.92. The Kier molecular flexibility index (Phi) is 4.70. The van der Waals surface area contributed by atoms with Crippen LogP contribution in [-0.2, 0) is 9.59 Å². The maximum Gasteiger partial charge on any atom is 0.292 e. The van der Waals surface area contributed by atoms with Crippen molar-refractivity contribution >= 4 is 17.5 Å². The van der Waals surface area contributed by atoms with Crippen LogP contribution < -0.4 is 15.0 Å². The number of nitrogens with zero attached hydrogens (tertiary/aromatic N) is 1. The van der Waals surface area contributed by atoms with E-state index in [1.54, 1.807) is 31.4 Å². The molecule has 1 aliphatic heterocycles. The van der Waals surface area contributed by atoms with Gasteiger partial charge in [-0.1, -0.05) is 0 Å². The molecule has 3 N–H and O–H groups in total. The number of carbonyl (C=O) groups excluding carboxylic acids is 2. The second kappa shape index (κ2) is 6.49. The van der Waals surface area contributed by atoms with Gasteiger partial charge in [-0.25, -0.2) is 4.90 Å². The van der Waals surface area contributed by atoms with E-state index in [0.29, 0.717) is 24.4 Å².